The number of oxazole rings is 1. The highest BCUT2D eigenvalue weighted by Gasteiger charge is 2.03. The maximum Gasteiger partial charge on any atom is 0.330 e. The summed E-state index contributed by atoms with van der Waals surface area (Å²) >= 11 is 5.80. The molecule has 16 heavy (non-hydrogen) atoms. The van der Waals surface area contributed by atoms with Crippen molar-refractivity contribution in [3.63, 3.8) is 0 Å². The number of aromatic nitrogens is 1. The van der Waals surface area contributed by atoms with Crippen LogP contribution in [0.15, 0.2) is 28.7 Å². The van der Waals surface area contributed by atoms with E-state index in [1.165, 1.54) is 19.3 Å². The van der Waals surface area contributed by atoms with Crippen molar-refractivity contribution in [2.45, 2.75) is 0 Å². The van der Waals surface area contributed by atoms with Crippen LogP contribution >= 0.6 is 11.6 Å². The molecule has 0 radical (unpaired) electrons. The summed E-state index contributed by atoms with van der Waals surface area (Å²) in [5.74, 6) is -0.122. The first kappa shape index (κ1) is 10.7. The molecule has 4 nitrogen and oxygen atoms in total. The van der Waals surface area contributed by atoms with E-state index in [4.69, 9.17) is 16.0 Å². The van der Waals surface area contributed by atoms with Gasteiger partial charge in [-0.2, -0.15) is 0 Å². The van der Waals surface area contributed by atoms with Crippen LogP contribution < -0.4 is 0 Å². The Morgan fingerprint density at radius 2 is 2.38 bits per heavy atom. The molecule has 0 atom stereocenters. The normalized spacial score (nSPS) is 11.1. The second-order valence-corrected chi connectivity index (χ2v) is 3.46. The number of nitrogens with zero attached hydrogens (tertiary/aromatic N) is 1. The molecule has 2 aromatic rings. The average molecular weight is 238 g/mol. The zero-order valence-corrected chi connectivity index (χ0v) is 9.19. The van der Waals surface area contributed by atoms with E-state index in [9.17, 15) is 4.79 Å². The lowest BCUT2D eigenvalue weighted by atomic mass is 10.3. The number of ether oxygens (including phenoxy) is 1. The summed E-state index contributed by atoms with van der Waals surface area (Å²) in [5, 5.41) is 0.576. The van der Waals surface area contributed by atoms with Gasteiger partial charge < -0.3 is 9.15 Å². The van der Waals surface area contributed by atoms with Crippen molar-refractivity contribution < 1.29 is 13.9 Å². The first-order valence-corrected chi connectivity index (χ1v) is 4.89. The Hall–Kier alpha value is -1.81. The lowest BCUT2D eigenvalue weighted by Crippen LogP contribution is -1.93. The summed E-state index contributed by atoms with van der Waals surface area (Å²) in [4.78, 5) is 15.0. The predicted octanol–water partition coefficient (Wildman–Crippen LogP) is 2.67. The number of rotatable bonds is 2. The number of fused-ring (bicyclic) bond motifs is 1. The Morgan fingerprint density at radius 1 is 1.56 bits per heavy atom. The Morgan fingerprint density at radius 3 is 3.12 bits per heavy atom. The molecule has 1 heterocycles. The van der Waals surface area contributed by atoms with Crippen molar-refractivity contribution in [2.75, 3.05) is 7.11 Å². The molecule has 0 unspecified atom stereocenters. The zero-order chi connectivity index (χ0) is 11.5. The standard InChI is InChI=1S/C11H8ClNO3/c1-15-11(14)5-4-10-13-8-3-2-7(12)6-9(8)16-10/h2-6H,1H3/b5-4+. The minimum atomic E-state index is -0.458. The smallest absolute Gasteiger partial charge is 0.330 e. The molecular weight excluding hydrogens is 230 g/mol. The third-order valence-electron chi connectivity index (χ3n) is 1.93. The topological polar surface area (TPSA) is 52.3 Å². The van der Waals surface area contributed by atoms with Gasteiger partial charge in [-0.15, -0.1) is 0 Å². The molecule has 0 saturated carbocycles. The Balaban J connectivity index is 2.33. The van der Waals surface area contributed by atoms with Gasteiger partial charge in [0.1, 0.15) is 5.52 Å². The van der Waals surface area contributed by atoms with Crippen molar-refractivity contribution in [1.82, 2.24) is 4.98 Å². The molecule has 0 spiro atoms. The number of halogens is 1. The van der Waals surface area contributed by atoms with Crippen molar-refractivity contribution in [3.8, 4) is 0 Å². The van der Waals surface area contributed by atoms with Gasteiger partial charge in [-0.25, -0.2) is 9.78 Å². The Bertz CT molecular complexity index is 559. The number of esters is 1. The number of hydrogen-bond donors (Lipinski definition) is 0. The molecule has 0 fully saturated rings. The van der Waals surface area contributed by atoms with Crippen LogP contribution in [0, 0.1) is 0 Å². The van der Waals surface area contributed by atoms with Crippen LogP contribution in [0.2, 0.25) is 5.02 Å². The number of carbonyl (C=O) groups excluding carboxylic acids is 1. The molecule has 0 aliphatic carbocycles. The Kier molecular flexibility index (Phi) is 2.92. The quantitative estimate of drug-likeness (QED) is 0.595. The van der Waals surface area contributed by atoms with Gasteiger partial charge in [-0.05, 0) is 12.1 Å². The molecule has 82 valence electrons. The van der Waals surface area contributed by atoms with Crippen LogP contribution in [0.3, 0.4) is 0 Å². The van der Waals surface area contributed by atoms with Gasteiger partial charge in [-0.3, -0.25) is 0 Å². The number of benzene rings is 1. The highest BCUT2D eigenvalue weighted by Crippen LogP contribution is 2.20. The molecule has 0 aliphatic heterocycles. The largest absolute Gasteiger partial charge is 0.466 e. The van der Waals surface area contributed by atoms with Crippen LogP contribution in [0.25, 0.3) is 17.2 Å². The van der Waals surface area contributed by atoms with Gasteiger partial charge in [0.15, 0.2) is 5.58 Å². The highest BCUT2D eigenvalue weighted by molar-refractivity contribution is 6.31. The summed E-state index contributed by atoms with van der Waals surface area (Å²) in [5.41, 5.74) is 1.27. The van der Waals surface area contributed by atoms with Crippen LogP contribution in [0.5, 0.6) is 0 Å². The average Bonchev–Trinajstić information content (AvgIpc) is 2.67. The molecular formula is C11H8ClNO3. The van der Waals surface area contributed by atoms with Gasteiger partial charge in [-0.1, -0.05) is 11.6 Å². The second kappa shape index (κ2) is 4.37. The summed E-state index contributed by atoms with van der Waals surface area (Å²) in [6.45, 7) is 0. The van der Waals surface area contributed by atoms with Crippen molar-refractivity contribution in [1.29, 1.82) is 0 Å². The fourth-order valence-electron chi connectivity index (χ4n) is 1.19. The van der Waals surface area contributed by atoms with E-state index in [0.717, 1.165) is 0 Å². The first-order valence-electron chi connectivity index (χ1n) is 4.51. The summed E-state index contributed by atoms with van der Waals surface area (Å²) < 4.78 is 9.80. The highest BCUT2D eigenvalue weighted by atomic mass is 35.5. The van der Waals surface area contributed by atoms with Gasteiger partial charge in [0.05, 0.1) is 7.11 Å². The number of methoxy groups -OCH3 is 1. The molecule has 2 rings (SSSR count). The summed E-state index contributed by atoms with van der Waals surface area (Å²) in [7, 11) is 1.30. The van der Waals surface area contributed by atoms with Crippen LogP contribution in [-0.4, -0.2) is 18.1 Å². The second-order valence-electron chi connectivity index (χ2n) is 3.02. The molecule has 1 aromatic heterocycles. The van der Waals surface area contributed by atoms with Crippen LogP contribution in [0.4, 0.5) is 0 Å². The van der Waals surface area contributed by atoms with Crippen molar-refractivity contribution in [2.24, 2.45) is 0 Å². The molecule has 0 N–H and O–H groups in total. The van der Waals surface area contributed by atoms with Gasteiger partial charge in [0.2, 0.25) is 5.89 Å². The maximum absolute atomic E-state index is 10.9. The minimum Gasteiger partial charge on any atom is -0.466 e. The summed E-state index contributed by atoms with van der Waals surface area (Å²) in [6, 6.07) is 5.14. The van der Waals surface area contributed by atoms with Crippen LogP contribution in [0.1, 0.15) is 5.89 Å². The monoisotopic (exact) mass is 237 g/mol. The lowest BCUT2D eigenvalue weighted by Gasteiger charge is -1.87. The first-order chi connectivity index (χ1) is 7.69. The molecule has 0 amide bonds. The number of carbonyl (C=O) groups is 1. The molecule has 5 heteroatoms. The van der Waals surface area contributed by atoms with Gasteiger partial charge in [0.25, 0.3) is 0 Å². The zero-order valence-electron chi connectivity index (χ0n) is 8.44. The third-order valence-corrected chi connectivity index (χ3v) is 2.17. The van der Waals surface area contributed by atoms with E-state index >= 15 is 0 Å². The lowest BCUT2D eigenvalue weighted by molar-refractivity contribution is -0.134. The fourth-order valence-corrected chi connectivity index (χ4v) is 1.36. The Labute approximate surface area is 96.5 Å². The van der Waals surface area contributed by atoms with Gasteiger partial charge >= 0.3 is 5.97 Å². The van der Waals surface area contributed by atoms with E-state index in [-0.39, 0.29) is 0 Å². The SMILES string of the molecule is COC(=O)/C=C/c1nc2ccc(Cl)cc2o1. The van der Waals surface area contributed by atoms with Crippen molar-refractivity contribution in [3.05, 3.63) is 35.2 Å². The number of hydrogen-bond acceptors (Lipinski definition) is 4. The summed E-state index contributed by atoms with van der Waals surface area (Å²) in [6.07, 6.45) is 2.69. The molecule has 0 saturated heterocycles. The van der Waals surface area contributed by atoms with E-state index < -0.39 is 5.97 Å². The van der Waals surface area contributed by atoms with E-state index in [0.29, 0.717) is 22.0 Å². The van der Waals surface area contributed by atoms with Crippen LogP contribution in [-0.2, 0) is 9.53 Å². The minimum absolute atomic E-state index is 0.336. The fraction of sp³-hybridized carbons (Fsp3) is 0.0909. The maximum atomic E-state index is 10.9. The predicted molar refractivity (Wildman–Crippen MR) is 60.1 cm³/mol. The molecule has 0 bridgehead atoms. The van der Waals surface area contributed by atoms with Gasteiger partial charge in [0, 0.05) is 23.2 Å². The van der Waals surface area contributed by atoms with Crippen molar-refractivity contribution >= 4 is 34.7 Å². The van der Waals surface area contributed by atoms with E-state index in [1.807, 2.05) is 0 Å². The van der Waals surface area contributed by atoms with E-state index in [2.05, 4.69) is 9.72 Å². The third kappa shape index (κ3) is 2.23. The molecule has 0 aliphatic rings. The van der Waals surface area contributed by atoms with E-state index in [1.54, 1.807) is 18.2 Å². The molecule has 1 aromatic carbocycles.